The van der Waals surface area contributed by atoms with Gasteiger partial charge in [0.05, 0.1) is 9.99 Å². The molecule has 0 fully saturated rings. The molecule has 0 amide bonds. The van der Waals surface area contributed by atoms with Crippen LogP contribution in [0.4, 0.5) is 13.2 Å². The second-order valence-electron chi connectivity index (χ2n) is 3.64. The fourth-order valence-corrected chi connectivity index (χ4v) is 2.03. The number of nitrogens with zero attached hydrogens (tertiary/aromatic N) is 1. The van der Waals surface area contributed by atoms with Gasteiger partial charge in [-0.25, -0.2) is 4.98 Å². The van der Waals surface area contributed by atoms with Crippen LogP contribution in [0, 0.1) is 6.92 Å². The summed E-state index contributed by atoms with van der Waals surface area (Å²) in [5, 5.41) is 9.95. The minimum absolute atomic E-state index is 0.0125. The third kappa shape index (κ3) is 2.09. The average molecular weight is 306 g/mol. The van der Waals surface area contributed by atoms with E-state index in [-0.39, 0.29) is 9.99 Å². The van der Waals surface area contributed by atoms with Crippen LogP contribution in [0.25, 0.3) is 10.9 Å². The molecule has 2 rings (SSSR count). The van der Waals surface area contributed by atoms with Gasteiger partial charge >= 0.3 is 6.18 Å². The average Bonchev–Trinajstić information content (AvgIpc) is 2.22. The molecule has 0 radical (unpaired) electrons. The topological polar surface area (TPSA) is 33.1 Å². The molecule has 0 aliphatic rings. The molecule has 0 atom stereocenters. The summed E-state index contributed by atoms with van der Waals surface area (Å²) < 4.78 is 37.8. The Hall–Kier alpha value is -1.30. The molecule has 0 aliphatic heterocycles. The maximum atomic E-state index is 12.6. The minimum Gasteiger partial charge on any atom is -0.505 e. The highest BCUT2D eigenvalue weighted by atomic mass is 79.9. The highest BCUT2D eigenvalue weighted by molar-refractivity contribution is 9.10. The number of hydrogen-bond donors (Lipinski definition) is 1. The predicted molar refractivity (Wildman–Crippen MR) is 60.8 cm³/mol. The Bertz CT molecular complexity index is 595. The van der Waals surface area contributed by atoms with Gasteiger partial charge in [-0.15, -0.1) is 0 Å². The number of hydrogen-bond acceptors (Lipinski definition) is 2. The lowest BCUT2D eigenvalue weighted by Crippen LogP contribution is -2.08. The van der Waals surface area contributed by atoms with Crippen LogP contribution in [-0.4, -0.2) is 10.1 Å². The van der Waals surface area contributed by atoms with Crippen LogP contribution in [0.2, 0.25) is 0 Å². The Balaban J connectivity index is 2.85. The van der Waals surface area contributed by atoms with Gasteiger partial charge in [0.25, 0.3) is 0 Å². The van der Waals surface area contributed by atoms with Crippen LogP contribution in [0.15, 0.2) is 22.7 Å². The van der Waals surface area contributed by atoms with Crippen molar-refractivity contribution in [1.82, 2.24) is 4.98 Å². The number of halogens is 4. The zero-order valence-corrected chi connectivity index (χ0v) is 10.2. The van der Waals surface area contributed by atoms with E-state index >= 15 is 0 Å². The lowest BCUT2D eigenvalue weighted by atomic mass is 10.1. The van der Waals surface area contributed by atoms with Crippen molar-refractivity contribution >= 4 is 26.8 Å². The molecule has 1 aromatic carbocycles. The number of rotatable bonds is 0. The smallest absolute Gasteiger partial charge is 0.437 e. The van der Waals surface area contributed by atoms with Crippen molar-refractivity contribution in [3.63, 3.8) is 0 Å². The second-order valence-corrected chi connectivity index (χ2v) is 4.43. The highest BCUT2D eigenvalue weighted by Crippen LogP contribution is 2.41. The first-order chi connectivity index (χ1) is 7.80. The zero-order chi connectivity index (χ0) is 12.8. The SMILES string of the molecule is Cc1ccc2nc(C(F)(F)F)c(O)c(Br)c2c1. The van der Waals surface area contributed by atoms with Crippen molar-refractivity contribution in [3.05, 3.63) is 33.9 Å². The van der Waals surface area contributed by atoms with E-state index in [1.165, 1.54) is 6.07 Å². The molecule has 0 aliphatic carbocycles. The molecule has 0 spiro atoms. The number of aromatic nitrogens is 1. The zero-order valence-electron chi connectivity index (χ0n) is 8.64. The van der Waals surface area contributed by atoms with Crippen molar-refractivity contribution in [2.24, 2.45) is 0 Å². The van der Waals surface area contributed by atoms with Crippen LogP contribution in [0.1, 0.15) is 11.3 Å². The van der Waals surface area contributed by atoms with Crippen molar-refractivity contribution in [3.8, 4) is 5.75 Å². The van der Waals surface area contributed by atoms with E-state index < -0.39 is 17.6 Å². The Morgan fingerprint density at radius 2 is 1.94 bits per heavy atom. The van der Waals surface area contributed by atoms with Gasteiger partial charge < -0.3 is 5.11 Å². The molecule has 17 heavy (non-hydrogen) atoms. The number of pyridine rings is 1. The summed E-state index contributed by atoms with van der Waals surface area (Å²) in [6.07, 6.45) is -4.67. The summed E-state index contributed by atoms with van der Waals surface area (Å²) >= 11 is 2.97. The van der Waals surface area contributed by atoms with Crippen molar-refractivity contribution in [2.45, 2.75) is 13.1 Å². The molecule has 1 aromatic heterocycles. The Morgan fingerprint density at radius 3 is 2.53 bits per heavy atom. The van der Waals surface area contributed by atoms with Crippen molar-refractivity contribution in [2.75, 3.05) is 0 Å². The van der Waals surface area contributed by atoms with E-state index in [4.69, 9.17) is 0 Å². The fraction of sp³-hybridized carbons (Fsp3) is 0.182. The summed E-state index contributed by atoms with van der Waals surface area (Å²) in [7, 11) is 0. The lowest BCUT2D eigenvalue weighted by molar-refractivity contribution is -0.142. The predicted octanol–water partition coefficient (Wildman–Crippen LogP) is 4.03. The molecule has 0 saturated heterocycles. The van der Waals surface area contributed by atoms with Gasteiger partial charge in [-0.3, -0.25) is 0 Å². The van der Waals surface area contributed by atoms with Crippen LogP contribution in [0.5, 0.6) is 5.75 Å². The molecule has 2 aromatic rings. The molecule has 2 nitrogen and oxygen atoms in total. The molecule has 0 bridgehead atoms. The summed E-state index contributed by atoms with van der Waals surface area (Å²) in [5.74, 6) is -0.879. The summed E-state index contributed by atoms with van der Waals surface area (Å²) in [6.45, 7) is 1.81. The van der Waals surface area contributed by atoms with E-state index in [0.717, 1.165) is 5.56 Å². The van der Waals surface area contributed by atoms with E-state index in [1.54, 1.807) is 19.1 Å². The summed E-state index contributed by atoms with van der Waals surface area (Å²) in [5.41, 5.74) is -0.215. The number of aromatic hydroxyl groups is 1. The first-order valence-electron chi connectivity index (χ1n) is 4.66. The Labute approximate surface area is 103 Å². The highest BCUT2D eigenvalue weighted by Gasteiger charge is 2.37. The van der Waals surface area contributed by atoms with Crippen molar-refractivity contribution < 1.29 is 18.3 Å². The van der Waals surface area contributed by atoms with Gasteiger partial charge in [0.2, 0.25) is 0 Å². The maximum absolute atomic E-state index is 12.6. The van der Waals surface area contributed by atoms with E-state index in [0.29, 0.717) is 5.39 Å². The third-order valence-corrected chi connectivity index (χ3v) is 3.12. The molecule has 90 valence electrons. The molecular weight excluding hydrogens is 299 g/mol. The number of benzene rings is 1. The van der Waals surface area contributed by atoms with E-state index in [2.05, 4.69) is 20.9 Å². The second kappa shape index (κ2) is 3.87. The standard InChI is InChI=1S/C11H7BrF3NO/c1-5-2-3-7-6(4-5)8(12)9(17)10(16-7)11(13,14)15/h2-4,17H,1H3. The molecule has 1 N–H and O–H groups in total. The largest absolute Gasteiger partial charge is 0.505 e. The van der Waals surface area contributed by atoms with E-state index in [9.17, 15) is 18.3 Å². The monoisotopic (exact) mass is 305 g/mol. The first kappa shape index (κ1) is 12.2. The molecule has 0 unspecified atom stereocenters. The summed E-state index contributed by atoms with van der Waals surface area (Å²) in [4.78, 5) is 3.44. The maximum Gasteiger partial charge on any atom is 0.437 e. The van der Waals surface area contributed by atoms with Gasteiger partial charge in [0.15, 0.2) is 11.4 Å². The lowest BCUT2D eigenvalue weighted by Gasteiger charge is -2.11. The number of aryl methyl sites for hydroxylation is 1. The molecular formula is C11H7BrF3NO. The van der Waals surface area contributed by atoms with Crippen molar-refractivity contribution in [1.29, 1.82) is 0 Å². The summed E-state index contributed by atoms with van der Waals surface area (Å²) in [6, 6.07) is 4.81. The molecule has 1 heterocycles. The van der Waals surface area contributed by atoms with E-state index in [1.807, 2.05) is 0 Å². The number of fused-ring (bicyclic) bond motifs is 1. The van der Waals surface area contributed by atoms with Gasteiger partial charge in [-0.1, -0.05) is 11.6 Å². The quantitative estimate of drug-likeness (QED) is 0.797. The Morgan fingerprint density at radius 1 is 1.29 bits per heavy atom. The van der Waals surface area contributed by atoms with Crippen LogP contribution < -0.4 is 0 Å². The van der Waals surface area contributed by atoms with Gasteiger partial charge in [0.1, 0.15) is 0 Å². The first-order valence-corrected chi connectivity index (χ1v) is 5.46. The minimum atomic E-state index is -4.67. The third-order valence-electron chi connectivity index (χ3n) is 2.32. The van der Waals surface area contributed by atoms with Gasteiger partial charge in [-0.2, -0.15) is 13.2 Å². The molecule has 0 saturated carbocycles. The van der Waals surface area contributed by atoms with Gasteiger partial charge in [0, 0.05) is 5.39 Å². The number of alkyl halides is 3. The fourth-order valence-electron chi connectivity index (χ4n) is 1.53. The van der Waals surface area contributed by atoms with Crippen LogP contribution in [-0.2, 0) is 6.18 Å². The normalized spacial score (nSPS) is 12.1. The Kier molecular flexibility index (Phi) is 2.77. The van der Waals surface area contributed by atoms with Gasteiger partial charge in [-0.05, 0) is 35.0 Å². The van der Waals surface area contributed by atoms with Crippen LogP contribution >= 0.6 is 15.9 Å². The molecule has 6 heteroatoms. The van der Waals surface area contributed by atoms with Crippen LogP contribution in [0.3, 0.4) is 0 Å².